The van der Waals surface area contributed by atoms with Gasteiger partial charge in [-0.05, 0) is 18.4 Å². The predicted molar refractivity (Wildman–Crippen MR) is 70.3 cm³/mol. The monoisotopic (exact) mass is 251 g/mol. The summed E-state index contributed by atoms with van der Waals surface area (Å²) in [6.45, 7) is 3.74. The summed E-state index contributed by atoms with van der Waals surface area (Å²) in [6.07, 6.45) is 0.470. The molecule has 0 heterocycles. The van der Waals surface area contributed by atoms with Crippen LogP contribution in [0.3, 0.4) is 0 Å². The number of carboxylic acids is 1. The van der Waals surface area contributed by atoms with E-state index in [2.05, 4.69) is 5.32 Å². The van der Waals surface area contributed by atoms with Crippen molar-refractivity contribution in [3.8, 4) is 0 Å². The van der Waals surface area contributed by atoms with E-state index >= 15 is 0 Å². The van der Waals surface area contributed by atoms with Crippen molar-refractivity contribution in [2.24, 2.45) is 0 Å². The summed E-state index contributed by atoms with van der Waals surface area (Å²) in [7, 11) is 0. The van der Waals surface area contributed by atoms with E-state index in [1.54, 1.807) is 0 Å². The fourth-order valence-corrected chi connectivity index (χ4v) is 1.94. The molecule has 0 radical (unpaired) electrons. The van der Waals surface area contributed by atoms with E-state index in [-0.39, 0.29) is 6.04 Å². The molecule has 0 amide bonds. The summed E-state index contributed by atoms with van der Waals surface area (Å²) < 4.78 is 0. The van der Waals surface area contributed by atoms with Crippen molar-refractivity contribution >= 4 is 5.97 Å². The first-order valence-electron chi connectivity index (χ1n) is 6.32. The minimum Gasteiger partial charge on any atom is -0.480 e. The Balaban J connectivity index is 2.74. The van der Waals surface area contributed by atoms with Gasteiger partial charge >= 0.3 is 5.97 Å². The van der Waals surface area contributed by atoms with E-state index in [0.717, 1.165) is 5.56 Å². The Morgan fingerprint density at radius 2 is 1.83 bits per heavy atom. The number of aliphatic hydroxyl groups is 1. The Labute approximate surface area is 108 Å². The molecule has 0 aliphatic carbocycles. The average molecular weight is 251 g/mol. The van der Waals surface area contributed by atoms with Crippen LogP contribution in [0.5, 0.6) is 0 Å². The van der Waals surface area contributed by atoms with Crippen LogP contribution in [-0.4, -0.2) is 28.3 Å². The van der Waals surface area contributed by atoms with Gasteiger partial charge in [0, 0.05) is 6.04 Å². The average Bonchev–Trinajstić information content (AvgIpc) is 2.40. The molecule has 4 nitrogen and oxygen atoms in total. The molecule has 3 unspecified atom stereocenters. The number of carboxylic acid groups (broad SMARTS) is 1. The van der Waals surface area contributed by atoms with E-state index in [9.17, 15) is 9.90 Å². The maximum atomic E-state index is 11.0. The number of rotatable bonds is 7. The predicted octanol–water partition coefficient (Wildman–Crippen LogP) is 1.95. The van der Waals surface area contributed by atoms with Crippen LogP contribution in [0.2, 0.25) is 0 Å². The second-order valence-electron chi connectivity index (χ2n) is 4.34. The molecule has 4 heteroatoms. The van der Waals surface area contributed by atoms with E-state index in [4.69, 9.17) is 5.11 Å². The minimum atomic E-state index is -0.879. The molecule has 3 N–H and O–H groups in total. The molecule has 0 saturated carbocycles. The zero-order chi connectivity index (χ0) is 13.5. The molecule has 18 heavy (non-hydrogen) atoms. The first-order chi connectivity index (χ1) is 8.60. The van der Waals surface area contributed by atoms with Crippen LogP contribution < -0.4 is 5.32 Å². The van der Waals surface area contributed by atoms with E-state index in [1.165, 1.54) is 0 Å². The second kappa shape index (κ2) is 7.13. The van der Waals surface area contributed by atoms with Crippen LogP contribution in [0.4, 0.5) is 0 Å². The van der Waals surface area contributed by atoms with Gasteiger partial charge in [-0.3, -0.25) is 10.1 Å². The maximum absolute atomic E-state index is 11.0. The summed E-state index contributed by atoms with van der Waals surface area (Å²) in [5, 5.41) is 22.3. The lowest BCUT2D eigenvalue weighted by molar-refractivity contribution is -0.140. The number of hydrogen-bond donors (Lipinski definition) is 3. The lowest BCUT2D eigenvalue weighted by atomic mass is 9.99. The number of benzene rings is 1. The molecule has 100 valence electrons. The fourth-order valence-electron chi connectivity index (χ4n) is 1.94. The number of aliphatic carboxylic acids is 1. The molecule has 3 atom stereocenters. The zero-order valence-corrected chi connectivity index (χ0v) is 10.8. The van der Waals surface area contributed by atoms with Crippen LogP contribution in [0.15, 0.2) is 30.3 Å². The zero-order valence-electron chi connectivity index (χ0n) is 10.8. The third-order valence-corrected chi connectivity index (χ3v) is 3.08. The van der Waals surface area contributed by atoms with E-state index in [0.29, 0.717) is 12.8 Å². The number of hydrogen-bond acceptors (Lipinski definition) is 3. The van der Waals surface area contributed by atoms with Crippen LogP contribution in [-0.2, 0) is 4.79 Å². The summed E-state index contributed by atoms with van der Waals surface area (Å²) >= 11 is 0. The maximum Gasteiger partial charge on any atom is 0.320 e. The van der Waals surface area contributed by atoms with Crippen LogP contribution >= 0.6 is 0 Å². The summed E-state index contributed by atoms with van der Waals surface area (Å²) in [5.74, 6) is -0.879. The Morgan fingerprint density at radius 3 is 2.28 bits per heavy atom. The van der Waals surface area contributed by atoms with Crippen LogP contribution in [0, 0.1) is 0 Å². The van der Waals surface area contributed by atoms with Gasteiger partial charge in [-0.1, -0.05) is 44.2 Å². The van der Waals surface area contributed by atoms with E-state index in [1.807, 2.05) is 44.2 Å². The highest BCUT2D eigenvalue weighted by Gasteiger charge is 2.24. The molecule has 0 aliphatic rings. The lowest BCUT2D eigenvalue weighted by Gasteiger charge is -2.26. The largest absolute Gasteiger partial charge is 0.480 e. The van der Waals surface area contributed by atoms with Gasteiger partial charge < -0.3 is 10.2 Å². The van der Waals surface area contributed by atoms with Crippen molar-refractivity contribution in [3.63, 3.8) is 0 Å². The third kappa shape index (κ3) is 3.82. The molecule has 1 aromatic rings. The van der Waals surface area contributed by atoms with Gasteiger partial charge in [-0.2, -0.15) is 0 Å². The highest BCUT2D eigenvalue weighted by atomic mass is 16.4. The third-order valence-electron chi connectivity index (χ3n) is 3.08. The number of aliphatic hydroxyl groups excluding tert-OH is 1. The first-order valence-corrected chi connectivity index (χ1v) is 6.32. The van der Waals surface area contributed by atoms with Crippen molar-refractivity contribution < 1.29 is 15.0 Å². The van der Waals surface area contributed by atoms with Gasteiger partial charge in [0.15, 0.2) is 0 Å². The van der Waals surface area contributed by atoms with Gasteiger partial charge in [0.2, 0.25) is 0 Å². The van der Waals surface area contributed by atoms with Gasteiger partial charge in [-0.15, -0.1) is 0 Å². The molecule has 1 rings (SSSR count). The molecular formula is C14H21NO3. The van der Waals surface area contributed by atoms with Crippen LogP contribution in [0.1, 0.15) is 38.4 Å². The van der Waals surface area contributed by atoms with Crippen molar-refractivity contribution in [1.29, 1.82) is 0 Å². The van der Waals surface area contributed by atoms with Crippen LogP contribution in [0.25, 0.3) is 0 Å². The molecule has 0 saturated heterocycles. The van der Waals surface area contributed by atoms with Gasteiger partial charge in [0.1, 0.15) is 6.04 Å². The molecular weight excluding hydrogens is 230 g/mol. The first kappa shape index (κ1) is 14.7. The van der Waals surface area contributed by atoms with Gasteiger partial charge in [0.05, 0.1) is 6.10 Å². The Morgan fingerprint density at radius 1 is 1.22 bits per heavy atom. The Kier molecular flexibility index (Phi) is 5.82. The summed E-state index contributed by atoms with van der Waals surface area (Å²) in [6, 6.07) is 8.42. The number of nitrogens with one attached hydrogen (secondary N) is 1. The SMILES string of the molecule is CCC(NC(CC)C(O)c1ccccc1)C(=O)O. The standard InChI is InChI=1S/C14H21NO3/c1-3-11(15-12(4-2)14(17)18)13(16)10-8-6-5-7-9-10/h5-9,11-13,15-16H,3-4H2,1-2H3,(H,17,18). The van der Waals surface area contributed by atoms with Crippen molar-refractivity contribution in [2.75, 3.05) is 0 Å². The number of carbonyl (C=O) groups is 1. The molecule has 1 aromatic carbocycles. The molecule has 0 fully saturated rings. The van der Waals surface area contributed by atoms with Crippen molar-refractivity contribution in [2.45, 2.75) is 44.9 Å². The van der Waals surface area contributed by atoms with Gasteiger partial charge in [0.25, 0.3) is 0 Å². The topological polar surface area (TPSA) is 69.6 Å². The molecule has 0 aliphatic heterocycles. The Hall–Kier alpha value is -1.39. The molecule has 0 aromatic heterocycles. The second-order valence-corrected chi connectivity index (χ2v) is 4.34. The minimum absolute atomic E-state index is 0.256. The highest BCUT2D eigenvalue weighted by molar-refractivity contribution is 5.73. The fraction of sp³-hybridized carbons (Fsp3) is 0.500. The lowest BCUT2D eigenvalue weighted by Crippen LogP contribution is -2.45. The Bertz CT molecular complexity index is 367. The summed E-state index contributed by atoms with van der Waals surface area (Å²) in [4.78, 5) is 11.0. The van der Waals surface area contributed by atoms with E-state index < -0.39 is 18.1 Å². The highest BCUT2D eigenvalue weighted by Crippen LogP contribution is 2.19. The normalized spacial score (nSPS) is 15.9. The molecule has 0 bridgehead atoms. The van der Waals surface area contributed by atoms with Gasteiger partial charge in [-0.25, -0.2) is 0 Å². The van der Waals surface area contributed by atoms with Crippen molar-refractivity contribution in [1.82, 2.24) is 5.32 Å². The summed E-state index contributed by atoms with van der Waals surface area (Å²) in [5.41, 5.74) is 0.803. The smallest absolute Gasteiger partial charge is 0.320 e. The molecule has 0 spiro atoms. The van der Waals surface area contributed by atoms with Crippen molar-refractivity contribution in [3.05, 3.63) is 35.9 Å². The quantitative estimate of drug-likeness (QED) is 0.693.